The molecule has 0 heterocycles. The first-order chi connectivity index (χ1) is 9.89. The topological polar surface area (TPSA) is 96.0 Å². The van der Waals surface area contributed by atoms with Gasteiger partial charge in [0.1, 0.15) is 5.41 Å². The molecule has 1 aromatic rings. The Morgan fingerprint density at radius 3 is 2.76 bits per heavy atom. The van der Waals surface area contributed by atoms with Gasteiger partial charge in [0.15, 0.2) is 0 Å². The maximum absolute atomic E-state index is 12.2. The van der Waals surface area contributed by atoms with Crippen LogP contribution in [0.1, 0.15) is 30.9 Å². The van der Waals surface area contributed by atoms with Gasteiger partial charge in [-0.15, -0.1) is 0 Å². The summed E-state index contributed by atoms with van der Waals surface area (Å²) in [6.07, 6.45) is 1.15. The van der Waals surface area contributed by atoms with Gasteiger partial charge in [0.25, 0.3) is 5.69 Å². The smallest absolute Gasteiger partial charge is 0.272 e. The van der Waals surface area contributed by atoms with Crippen molar-refractivity contribution in [2.45, 2.75) is 33.2 Å². The van der Waals surface area contributed by atoms with Crippen molar-refractivity contribution in [2.75, 3.05) is 0 Å². The minimum absolute atomic E-state index is 0.0361. The van der Waals surface area contributed by atoms with Crippen LogP contribution in [0.4, 0.5) is 5.69 Å². The molecule has 0 saturated heterocycles. The Bertz CT molecular complexity index is 628. The van der Waals surface area contributed by atoms with Crippen LogP contribution in [0.15, 0.2) is 18.2 Å². The third-order valence-electron chi connectivity index (χ3n) is 4.10. The molecule has 1 N–H and O–H groups in total. The van der Waals surface area contributed by atoms with Gasteiger partial charge in [-0.3, -0.25) is 14.9 Å². The largest absolute Gasteiger partial charge is 0.351 e. The van der Waals surface area contributed by atoms with Gasteiger partial charge < -0.3 is 5.32 Å². The van der Waals surface area contributed by atoms with Gasteiger partial charge in [0, 0.05) is 18.2 Å². The molecule has 1 fully saturated rings. The zero-order chi connectivity index (χ0) is 15.6. The van der Waals surface area contributed by atoms with E-state index in [1.807, 2.05) is 6.92 Å². The number of hydrogen-bond acceptors (Lipinski definition) is 4. The average Bonchev–Trinajstić information content (AvgIpc) is 2.41. The van der Waals surface area contributed by atoms with E-state index in [1.54, 1.807) is 19.1 Å². The molecule has 1 amide bonds. The Kier molecular flexibility index (Phi) is 3.94. The van der Waals surface area contributed by atoms with Gasteiger partial charge >= 0.3 is 0 Å². The normalized spacial score (nSPS) is 23.8. The SMILES string of the molecule is Cc1c(CNC(=O)C2(C#N)CC(C)C2)cccc1[N+](=O)[O-]. The van der Waals surface area contributed by atoms with Gasteiger partial charge in [-0.1, -0.05) is 19.1 Å². The molecule has 0 radical (unpaired) electrons. The zero-order valence-corrected chi connectivity index (χ0v) is 12.0. The summed E-state index contributed by atoms with van der Waals surface area (Å²) < 4.78 is 0. The van der Waals surface area contributed by atoms with Crippen molar-refractivity contribution in [3.63, 3.8) is 0 Å². The Morgan fingerprint density at radius 2 is 2.24 bits per heavy atom. The minimum atomic E-state index is -0.923. The molecule has 1 aliphatic rings. The number of benzene rings is 1. The number of rotatable bonds is 4. The summed E-state index contributed by atoms with van der Waals surface area (Å²) in [6.45, 7) is 3.86. The standard InChI is InChI=1S/C15H17N3O3/c1-10-6-15(7-10,9-16)14(19)17-8-12-4-3-5-13(11(12)2)18(20)21/h3-5,10H,6-8H2,1-2H3,(H,17,19). The van der Waals surface area contributed by atoms with Crippen LogP contribution in [0, 0.1) is 39.7 Å². The fourth-order valence-electron chi connectivity index (χ4n) is 2.86. The monoisotopic (exact) mass is 287 g/mol. The lowest BCUT2D eigenvalue weighted by Crippen LogP contribution is -2.47. The van der Waals surface area contributed by atoms with Gasteiger partial charge in [0.05, 0.1) is 11.0 Å². The molecule has 0 spiro atoms. The fraction of sp³-hybridized carbons (Fsp3) is 0.467. The first kappa shape index (κ1) is 15.0. The molecule has 2 rings (SSSR count). The molecule has 0 unspecified atom stereocenters. The van der Waals surface area contributed by atoms with E-state index in [1.165, 1.54) is 6.07 Å². The number of nitrogens with one attached hydrogen (secondary N) is 1. The molecule has 21 heavy (non-hydrogen) atoms. The van der Waals surface area contributed by atoms with Crippen LogP contribution in [-0.2, 0) is 11.3 Å². The van der Waals surface area contributed by atoms with Crippen LogP contribution in [0.3, 0.4) is 0 Å². The molecular formula is C15H17N3O3. The predicted molar refractivity (Wildman–Crippen MR) is 76.1 cm³/mol. The van der Waals surface area contributed by atoms with E-state index in [0.29, 0.717) is 29.9 Å². The first-order valence-corrected chi connectivity index (χ1v) is 6.82. The lowest BCUT2D eigenvalue weighted by molar-refractivity contribution is -0.385. The van der Waals surface area contributed by atoms with Gasteiger partial charge in [-0.25, -0.2) is 0 Å². The van der Waals surface area contributed by atoms with Crippen LogP contribution in [0.5, 0.6) is 0 Å². The van der Waals surface area contributed by atoms with E-state index in [0.717, 1.165) is 0 Å². The zero-order valence-electron chi connectivity index (χ0n) is 12.0. The van der Waals surface area contributed by atoms with Crippen molar-refractivity contribution in [3.8, 4) is 6.07 Å². The van der Waals surface area contributed by atoms with Crippen molar-refractivity contribution >= 4 is 11.6 Å². The maximum Gasteiger partial charge on any atom is 0.272 e. The Hall–Kier alpha value is -2.42. The molecular weight excluding hydrogens is 270 g/mol. The molecule has 1 aliphatic carbocycles. The number of carbonyl (C=O) groups is 1. The first-order valence-electron chi connectivity index (χ1n) is 6.82. The van der Waals surface area contributed by atoms with Crippen LogP contribution < -0.4 is 5.32 Å². The van der Waals surface area contributed by atoms with E-state index in [4.69, 9.17) is 0 Å². The Labute approximate surface area is 122 Å². The minimum Gasteiger partial charge on any atom is -0.351 e. The van der Waals surface area contributed by atoms with Gasteiger partial charge in [0.2, 0.25) is 5.91 Å². The lowest BCUT2D eigenvalue weighted by Gasteiger charge is -2.39. The summed E-state index contributed by atoms with van der Waals surface area (Å²) in [5, 5.41) is 22.8. The van der Waals surface area contributed by atoms with Crippen LogP contribution in [0.25, 0.3) is 0 Å². The highest BCUT2D eigenvalue weighted by molar-refractivity contribution is 5.86. The number of amides is 1. The Balaban J connectivity index is 2.07. The van der Waals surface area contributed by atoms with E-state index in [-0.39, 0.29) is 18.1 Å². The highest BCUT2D eigenvalue weighted by Gasteiger charge is 2.48. The number of nitriles is 1. The third-order valence-corrected chi connectivity index (χ3v) is 4.10. The van der Waals surface area contributed by atoms with Crippen molar-refractivity contribution in [1.82, 2.24) is 5.32 Å². The molecule has 0 bridgehead atoms. The predicted octanol–water partition coefficient (Wildman–Crippen LogP) is 2.46. The second-order valence-electron chi connectivity index (χ2n) is 5.71. The van der Waals surface area contributed by atoms with Crippen LogP contribution in [-0.4, -0.2) is 10.8 Å². The van der Waals surface area contributed by atoms with Crippen LogP contribution >= 0.6 is 0 Å². The quantitative estimate of drug-likeness (QED) is 0.679. The molecule has 1 aromatic carbocycles. The van der Waals surface area contributed by atoms with Crippen molar-refractivity contribution in [2.24, 2.45) is 11.3 Å². The highest BCUT2D eigenvalue weighted by atomic mass is 16.6. The van der Waals surface area contributed by atoms with Crippen molar-refractivity contribution in [3.05, 3.63) is 39.4 Å². The van der Waals surface area contributed by atoms with E-state index in [9.17, 15) is 20.2 Å². The second kappa shape index (κ2) is 5.52. The van der Waals surface area contributed by atoms with Crippen molar-refractivity contribution in [1.29, 1.82) is 5.26 Å². The second-order valence-corrected chi connectivity index (χ2v) is 5.71. The van der Waals surface area contributed by atoms with Gasteiger partial charge in [-0.2, -0.15) is 5.26 Å². The highest BCUT2D eigenvalue weighted by Crippen LogP contribution is 2.45. The number of nitro groups is 1. The molecule has 0 aliphatic heterocycles. The fourth-order valence-corrected chi connectivity index (χ4v) is 2.86. The summed E-state index contributed by atoms with van der Waals surface area (Å²) in [4.78, 5) is 22.6. The maximum atomic E-state index is 12.2. The van der Waals surface area contributed by atoms with E-state index in [2.05, 4.69) is 11.4 Å². The van der Waals surface area contributed by atoms with E-state index < -0.39 is 10.3 Å². The summed E-state index contributed by atoms with van der Waals surface area (Å²) in [5.41, 5.74) is 0.344. The lowest BCUT2D eigenvalue weighted by atomic mass is 9.63. The average molecular weight is 287 g/mol. The summed E-state index contributed by atoms with van der Waals surface area (Å²) in [5.74, 6) is 0.101. The molecule has 6 nitrogen and oxygen atoms in total. The molecule has 1 saturated carbocycles. The Morgan fingerprint density at radius 1 is 1.57 bits per heavy atom. The number of hydrogen-bond donors (Lipinski definition) is 1. The molecule has 6 heteroatoms. The molecule has 0 aromatic heterocycles. The molecule has 0 atom stereocenters. The van der Waals surface area contributed by atoms with E-state index >= 15 is 0 Å². The molecule has 110 valence electrons. The third kappa shape index (κ3) is 2.72. The van der Waals surface area contributed by atoms with Crippen LogP contribution in [0.2, 0.25) is 0 Å². The van der Waals surface area contributed by atoms with Crippen molar-refractivity contribution < 1.29 is 9.72 Å². The number of nitrogens with zero attached hydrogens (tertiary/aromatic N) is 2. The number of carbonyl (C=O) groups excluding carboxylic acids is 1. The van der Waals surface area contributed by atoms with Gasteiger partial charge in [-0.05, 0) is 31.2 Å². The summed E-state index contributed by atoms with van der Waals surface area (Å²) in [7, 11) is 0. The summed E-state index contributed by atoms with van der Waals surface area (Å²) in [6, 6.07) is 6.88. The number of nitro benzene ring substituents is 1. The summed E-state index contributed by atoms with van der Waals surface area (Å²) >= 11 is 0.